The van der Waals surface area contributed by atoms with Crippen LogP contribution in [-0.2, 0) is 0 Å². The summed E-state index contributed by atoms with van der Waals surface area (Å²) in [6, 6.07) is 94.2. The first-order valence-corrected chi connectivity index (χ1v) is 28.0. The topological polar surface area (TPSA) is 47.9 Å². The molecule has 0 unspecified atom stereocenters. The highest BCUT2D eigenvalue weighted by Gasteiger charge is 2.20. The van der Waals surface area contributed by atoms with Gasteiger partial charge >= 0.3 is 0 Å². The molecule has 0 aliphatic rings. The lowest BCUT2D eigenvalue weighted by molar-refractivity contribution is 1.18. The highest BCUT2D eigenvalue weighted by Crippen LogP contribution is 2.44. The second-order valence-electron chi connectivity index (χ2n) is 21.1. The van der Waals surface area contributed by atoms with Crippen LogP contribution in [-0.4, -0.2) is 18.3 Å². The van der Waals surface area contributed by atoms with E-state index in [9.17, 15) is 5.26 Å². The van der Waals surface area contributed by atoms with Crippen LogP contribution >= 0.6 is 11.3 Å². The van der Waals surface area contributed by atoms with E-state index in [1.807, 2.05) is 59.9 Å². The van der Waals surface area contributed by atoms with Crippen LogP contribution in [0.25, 0.3) is 157 Å². The highest BCUT2D eigenvalue weighted by atomic mass is 32.1. The minimum absolute atomic E-state index is 0.636. The van der Waals surface area contributed by atoms with Crippen LogP contribution < -0.4 is 0 Å². The molecule has 0 aliphatic carbocycles. The number of benzene rings is 12. The van der Waals surface area contributed by atoms with Crippen LogP contribution in [0.4, 0.5) is 5.69 Å². The summed E-state index contributed by atoms with van der Waals surface area (Å²) >= 11 is 1.86. The molecule has 0 amide bonds. The van der Waals surface area contributed by atoms with Crippen molar-refractivity contribution in [3.05, 3.63) is 272 Å². The molecule has 5 aromatic heterocycles. The Morgan fingerprint density at radius 3 is 0.951 bits per heavy atom. The van der Waals surface area contributed by atoms with E-state index in [0.717, 1.165) is 50.4 Å². The molecule has 0 atom stereocenters. The van der Waals surface area contributed by atoms with E-state index >= 15 is 0 Å². The predicted molar refractivity (Wildman–Crippen MR) is 339 cm³/mol. The van der Waals surface area contributed by atoms with Gasteiger partial charge in [-0.25, -0.2) is 4.85 Å². The van der Waals surface area contributed by atoms with Crippen LogP contribution in [0.3, 0.4) is 0 Å². The maximum atomic E-state index is 9.48. The molecule has 0 saturated carbocycles. The summed E-state index contributed by atoms with van der Waals surface area (Å²) in [6.07, 6.45) is 0. The first-order chi connectivity index (χ1) is 40.0. The normalized spacial score (nSPS) is 11.9. The number of para-hydroxylation sites is 4. The van der Waals surface area contributed by atoms with Gasteiger partial charge in [-0.05, 0) is 156 Å². The Balaban J connectivity index is 0.737. The van der Waals surface area contributed by atoms with Crippen LogP contribution in [0.1, 0.15) is 5.56 Å². The molecule has 17 rings (SSSR count). The fourth-order valence-corrected chi connectivity index (χ4v) is 14.3. The average Bonchev–Trinajstić information content (AvgIpc) is 4.52. The molecule has 81 heavy (non-hydrogen) atoms. The molecule has 0 aliphatic heterocycles. The number of aromatic nitrogens is 4. The van der Waals surface area contributed by atoms with Crippen LogP contribution in [0.2, 0.25) is 0 Å². The zero-order valence-electron chi connectivity index (χ0n) is 43.3. The van der Waals surface area contributed by atoms with Crippen molar-refractivity contribution in [2.45, 2.75) is 0 Å². The van der Waals surface area contributed by atoms with Crippen molar-refractivity contribution in [2.75, 3.05) is 0 Å². The van der Waals surface area contributed by atoms with E-state index in [1.165, 1.54) is 102 Å². The Kier molecular flexibility index (Phi) is 9.62. The number of rotatable bonds is 6. The number of nitrogens with zero attached hydrogens (tertiary/aromatic N) is 6. The first kappa shape index (κ1) is 45.1. The van der Waals surface area contributed by atoms with Gasteiger partial charge in [0.25, 0.3) is 0 Å². The maximum Gasteiger partial charge on any atom is 0.187 e. The van der Waals surface area contributed by atoms with Crippen molar-refractivity contribution in [1.82, 2.24) is 18.3 Å². The zero-order chi connectivity index (χ0) is 53.4. The Hall–Kier alpha value is -11.0. The fourth-order valence-electron chi connectivity index (χ4n) is 13.1. The molecular weight excluding hydrogens is 1000 g/mol. The van der Waals surface area contributed by atoms with Gasteiger partial charge in [0.1, 0.15) is 0 Å². The molecule has 374 valence electrons. The lowest BCUT2D eigenvalue weighted by Gasteiger charge is -2.10. The maximum absolute atomic E-state index is 9.48. The molecule has 0 spiro atoms. The van der Waals surface area contributed by atoms with Crippen molar-refractivity contribution < 1.29 is 0 Å². The molecule has 0 fully saturated rings. The largest absolute Gasteiger partial charge is 0.309 e. The van der Waals surface area contributed by atoms with Gasteiger partial charge in [0, 0.05) is 86.0 Å². The van der Waals surface area contributed by atoms with Gasteiger partial charge in [0.15, 0.2) is 5.69 Å². The molecule has 12 aromatic carbocycles. The number of thiophene rings is 1. The van der Waals surface area contributed by atoms with Gasteiger partial charge in [-0.2, -0.15) is 5.26 Å². The quantitative estimate of drug-likeness (QED) is 0.153. The third kappa shape index (κ3) is 6.71. The van der Waals surface area contributed by atoms with E-state index in [2.05, 4.69) is 235 Å². The Bertz CT molecular complexity index is 5260. The lowest BCUT2D eigenvalue weighted by Crippen LogP contribution is -1.94. The van der Waals surface area contributed by atoms with Crippen molar-refractivity contribution in [1.29, 1.82) is 5.26 Å². The number of fused-ring (bicyclic) bond motifs is 15. The SMILES string of the molecule is [C-]#[N+]c1ccc(-n2c3ccccc3c3cc(-c4ccc5c(c4)c4ccccc4n5-c4ccc5c(c4)sc4cc(-n6c7ccccc7c7cc(-c8ccc9c(c8)c8ccccc8n9-c8ccc(C#N)cc8)ccc76)ccc45)ccc32)cc1. The fraction of sp³-hybridized carbons (Fsp3) is 0. The van der Waals surface area contributed by atoms with Gasteiger partial charge in [0.05, 0.1) is 62.3 Å². The van der Waals surface area contributed by atoms with E-state index in [4.69, 9.17) is 6.57 Å². The second-order valence-corrected chi connectivity index (χ2v) is 22.2. The molecule has 6 nitrogen and oxygen atoms in total. The summed E-state index contributed by atoms with van der Waals surface area (Å²) in [4.78, 5) is 3.62. The standard InChI is InChI=1S/C74H42N6S/c1-76-50-24-28-52(29-25-50)78-66-15-7-3-11-56(66)62-39-47(21-35-70(62)78)49-23-37-72-64(41-49)58-13-5-9-17-68(58)80(72)54-31-33-60-59-32-30-53(42-73(59)81-74(60)43-54)79-67-16-8-4-12-57(67)63-40-48(22-36-71(63)79)46-20-34-69-61(38-46)55-10-2-6-14-65(55)77(69)51-26-18-45(44-75)19-27-51/h2-43H. The van der Waals surface area contributed by atoms with Crippen molar-refractivity contribution in [3.63, 3.8) is 0 Å². The van der Waals surface area contributed by atoms with Crippen molar-refractivity contribution in [3.8, 4) is 51.1 Å². The summed E-state index contributed by atoms with van der Waals surface area (Å²) in [5.74, 6) is 0. The number of nitriles is 1. The van der Waals surface area contributed by atoms with Gasteiger partial charge in [-0.3, -0.25) is 0 Å². The number of hydrogen-bond acceptors (Lipinski definition) is 2. The Labute approximate surface area is 468 Å². The minimum Gasteiger partial charge on any atom is -0.309 e. The molecular formula is C74H42N6S. The third-order valence-corrected chi connectivity index (χ3v) is 17.9. The molecule has 7 heteroatoms. The van der Waals surface area contributed by atoms with E-state index < -0.39 is 0 Å². The minimum atomic E-state index is 0.636. The van der Waals surface area contributed by atoms with E-state index in [1.54, 1.807) is 0 Å². The Morgan fingerprint density at radius 1 is 0.296 bits per heavy atom. The highest BCUT2D eigenvalue weighted by molar-refractivity contribution is 7.25. The molecule has 0 bridgehead atoms. The van der Waals surface area contributed by atoms with Crippen LogP contribution in [0, 0.1) is 17.9 Å². The molecule has 0 radical (unpaired) electrons. The second kappa shape index (κ2) is 17.3. The molecule has 0 N–H and O–H groups in total. The van der Waals surface area contributed by atoms with Gasteiger partial charge in [0.2, 0.25) is 0 Å². The predicted octanol–water partition coefficient (Wildman–Crippen LogP) is 20.2. The van der Waals surface area contributed by atoms with Gasteiger partial charge in [-0.1, -0.05) is 121 Å². The van der Waals surface area contributed by atoms with E-state index in [0.29, 0.717) is 11.3 Å². The van der Waals surface area contributed by atoms with Gasteiger partial charge < -0.3 is 18.3 Å². The lowest BCUT2D eigenvalue weighted by atomic mass is 10.0. The molecule has 17 aromatic rings. The van der Waals surface area contributed by atoms with E-state index in [-0.39, 0.29) is 0 Å². The summed E-state index contributed by atoms with van der Waals surface area (Å²) in [5, 5.41) is 21.7. The summed E-state index contributed by atoms with van der Waals surface area (Å²) < 4.78 is 12.0. The summed E-state index contributed by atoms with van der Waals surface area (Å²) in [6.45, 7) is 7.48. The summed E-state index contributed by atoms with van der Waals surface area (Å²) in [7, 11) is 0. The Morgan fingerprint density at radius 2 is 0.605 bits per heavy atom. The van der Waals surface area contributed by atoms with Crippen molar-refractivity contribution >= 4 is 124 Å². The summed E-state index contributed by atoms with van der Waals surface area (Å²) in [5.41, 5.74) is 19.6. The van der Waals surface area contributed by atoms with Crippen LogP contribution in [0.15, 0.2) is 255 Å². The monoisotopic (exact) mass is 1050 g/mol. The molecule has 5 heterocycles. The average molecular weight is 1050 g/mol. The zero-order valence-corrected chi connectivity index (χ0v) is 44.2. The van der Waals surface area contributed by atoms with Crippen LogP contribution in [0.5, 0.6) is 0 Å². The van der Waals surface area contributed by atoms with Crippen molar-refractivity contribution in [2.24, 2.45) is 0 Å². The molecule has 0 saturated heterocycles. The third-order valence-electron chi connectivity index (χ3n) is 16.8. The first-order valence-electron chi connectivity index (χ1n) is 27.1. The number of hydrogen-bond donors (Lipinski definition) is 0. The smallest absolute Gasteiger partial charge is 0.187 e. The van der Waals surface area contributed by atoms with Gasteiger partial charge in [-0.15, -0.1) is 11.3 Å².